The number of aryl methyl sites for hydroxylation is 1. The maximum Gasteiger partial charge on any atom is 0.240 e. The first kappa shape index (κ1) is 15.1. The molecule has 1 unspecified atom stereocenters. The van der Waals surface area contributed by atoms with Crippen LogP contribution in [-0.2, 0) is 16.6 Å². The molecule has 0 saturated carbocycles. The fraction of sp³-hybridized carbons (Fsp3) is 0.538. The molecule has 0 amide bonds. The van der Waals surface area contributed by atoms with Crippen molar-refractivity contribution in [2.24, 2.45) is 5.92 Å². The Balaban J connectivity index is 2.97. The van der Waals surface area contributed by atoms with Crippen LogP contribution in [0.5, 0.6) is 0 Å². The van der Waals surface area contributed by atoms with Gasteiger partial charge in [-0.3, -0.25) is 0 Å². The topological polar surface area (TPSA) is 66.4 Å². The van der Waals surface area contributed by atoms with E-state index in [0.29, 0.717) is 23.6 Å². The Morgan fingerprint density at radius 2 is 2.06 bits per heavy atom. The molecule has 0 saturated heterocycles. The smallest absolute Gasteiger partial charge is 0.240 e. The molecule has 18 heavy (non-hydrogen) atoms. The molecule has 0 aliphatic heterocycles. The standard InChI is InChI=1S/C13H21NO3S/c1-4-10(2)8-14-18(16,17)13-7-12(9-15)6-5-11(13)3/h5-7,10,14-15H,4,8-9H2,1-3H3. The average molecular weight is 271 g/mol. The third-order valence-corrected chi connectivity index (χ3v) is 4.61. The normalized spacial score (nSPS) is 13.6. The molecule has 1 rings (SSSR count). The van der Waals surface area contributed by atoms with Crippen LogP contribution >= 0.6 is 0 Å². The van der Waals surface area contributed by atoms with Crippen molar-refractivity contribution in [2.45, 2.75) is 38.7 Å². The van der Waals surface area contributed by atoms with Crippen LogP contribution in [0.1, 0.15) is 31.4 Å². The first-order valence-corrected chi connectivity index (χ1v) is 7.59. The fourth-order valence-electron chi connectivity index (χ4n) is 1.51. The summed E-state index contributed by atoms with van der Waals surface area (Å²) < 4.78 is 26.9. The summed E-state index contributed by atoms with van der Waals surface area (Å²) in [6, 6.07) is 4.96. The Morgan fingerprint density at radius 1 is 1.39 bits per heavy atom. The van der Waals surface area contributed by atoms with E-state index in [9.17, 15) is 8.42 Å². The van der Waals surface area contributed by atoms with Crippen molar-refractivity contribution in [2.75, 3.05) is 6.54 Å². The SMILES string of the molecule is CCC(C)CNS(=O)(=O)c1cc(CO)ccc1C. The second-order valence-corrected chi connectivity index (χ2v) is 6.36. The number of hydrogen-bond acceptors (Lipinski definition) is 3. The Morgan fingerprint density at radius 3 is 2.61 bits per heavy atom. The van der Waals surface area contributed by atoms with E-state index in [4.69, 9.17) is 5.11 Å². The van der Waals surface area contributed by atoms with E-state index >= 15 is 0 Å². The van der Waals surface area contributed by atoms with E-state index in [1.807, 2.05) is 13.8 Å². The maximum atomic E-state index is 12.1. The highest BCUT2D eigenvalue weighted by molar-refractivity contribution is 7.89. The van der Waals surface area contributed by atoms with Crippen LogP contribution in [0.4, 0.5) is 0 Å². The quantitative estimate of drug-likeness (QED) is 0.829. The van der Waals surface area contributed by atoms with Gasteiger partial charge in [0.15, 0.2) is 0 Å². The van der Waals surface area contributed by atoms with Gasteiger partial charge >= 0.3 is 0 Å². The lowest BCUT2D eigenvalue weighted by atomic mass is 10.1. The number of nitrogens with one attached hydrogen (secondary N) is 1. The number of aliphatic hydroxyl groups excluding tert-OH is 1. The van der Waals surface area contributed by atoms with Crippen molar-refractivity contribution < 1.29 is 13.5 Å². The molecule has 0 aromatic heterocycles. The number of benzene rings is 1. The highest BCUT2D eigenvalue weighted by Gasteiger charge is 2.17. The van der Waals surface area contributed by atoms with Crippen LogP contribution in [-0.4, -0.2) is 20.1 Å². The van der Waals surface area contributed by atoms with Gasteiger partial charge in [0, 0.05) is 6.54 Å². The molecular weight excluding hydrogens is 250 g/mol. The van der Waals surface area contributed by atoms with Gasteiger partial charge in [-0.25, -0.2) is 13.1 Å². The van der Waals surface area contributed by atoms with E-state index in [1.54, 1.807) is 19.1 Å². The van der Waals surface area contributed by atoms with E-state index in [1.165, 1.54) is 6.07 Å². The van der Waals surface area contributed by atoms with Crippen molar-refractivity contribution in [3.05, 3.63) is 29.3 Å². The van der Waals surface area contributed by atoms with Gasteiger partial charge < -0.3 is 5.11 Å². The number of hydrogen-bond donors (Lipinski definition) is 2. The van der Waals surface area contributed by atoms with Crippen molar-refractivity contribution in [3.8, 4) is 0 Å². The Labute approximate surface area is 109 Å². The van der Waals surface area contributed by atoms with E-state index in [-0.39, 0.29) is 11.5 Å². The van der Waals surface area contributed by atoms with Crippen molar-refractivity contribution in [1.82, 2.24) is 4.72 Å². The summed E-state index contributed by atoms with van der Waals surface area (Å²) in [6.07, 6.45) is 0.929. The minimum absolute atomic E-state index is 0.159. The summed E-state index contributed by atoms with van der Waals surface area (Å²) in [5.41, 5.74) is 1.29. The predicted molar refractivity (Wildman–Crippen MR) is 71.7 cm³/mol. The van der Waals surface area contributed by atoms with E-state index in [0.717, 1.165) is 6.42 Å². The summed E-state index contributed by atoms with van der Waals surface area (Å²) in [7, 11) is -3.49. The molecule has 2 N–H and O–H groups in total. The molecule has 0 spiro atoms. The zero-order chi connectivity index (χ0) is 13.8. The monoisotopic (exact) mass is 271 g/mol. The molecule has 1 aromatic carbocycles. The first-order chi connectivity index (χ1) is 8.40. The first-order valence-electron chi connectivity index (χ1n) is 6.10. The molecule has 4 nitrogen and oxygen atoms in total. The van der Waals surface area contributed by atoms with Crippen molar-refractivity contribution in [3.63, 3.8) is 0 Å². The van der Waals surface area contributed by atoms with E-state index in [2.05, 4.69) is 4.72 Å². The minimum Gasteiger partial charge on any atom is -0.392 e. The average Bonchev–Trinajstić information content (AvgIpc) is 2.36. The highest BCUT2D eigenvalue weighted by atomic mass is 32.2. The molecule has 5 heteroatoms. The zero-order valence-corrected chi connectivity index (χ0v) is 11.9. The summed E-state index contributed by atoms with van der Waals surface area (Å²) in [5.74, 6) is 0.307. The molecule has 102 valence electrons. The number of sulfonamides is 1. The molecule has 1 aromatic rings. The van der Waals surface area contributed by atoms with Crippen LogP contribution in [0.15, 0.2) is 23.1 Å². The molecule has 0 aliphatic rings. The Hall–Kier alpha value is -0.910. The van der Waals surface area contributed by atoms with Gasteiger partial charge in [0.25, 0.3) is 0 Å². The third-order valence-electron chi connectivity index (χ3n) is 3.04. The van der Waals surface area contributed by atoms with Crippen LogP contribution in [0.2, 0.25) is 0 Å². The van der Waals surface area contributed by atoms with Crippen LogP contribution in [0.25, 0.3) is 0 Å². The van der Waals surface area contributed by atoms with Gasteiger partial charge in [-0.05, 0) is 30.0 Å². The van der Waals surface area contributed by atoms with Gasteiger partial charge in [0.2, 0.25) is 10.0 Å². The second-order valence-electron chi connectivity index (χ2n) is 4.62. The summed E-state index contributed by atoms with van der Waals surface area (Å²) in [6.45, 7) is 6.05. The largest absolute Gasteiger partial charge is 0.392 e. The van der Waals surface area contributed by atoms with Crippen molar-refractivity contribution >= 4 is 10.0 Å². The third kappa shape index (κ3) is 3.80. The number of aliphatic hydroxyl groups is 1. The van der Waals surface area contributed by atoms with Crippen LogP contribution < -0.4 is 4.72 Å². The van der Waals surface area contributed by atoms with Gasteiger partial charge in [0.05, 0.1) is 11.5 Å². The van der Waals surface area contributed by atoms with E-state index < -0.39 is 10.0 Å². The maximum absolute atomic E-state index is 12.1. The van der Waals surface area contributed by atoms with Crippen LogP contribution in [0, 0.1) is 12.8 Å². The highest BCUT2D eigenvalue weighted by Crippen LogP contribution is 2.17. The Kier molecular flexibility index (Phi) is 5.31. The van der Waals surface area contributed by atoms with Gasteiger partial charge in [-0.2, -0.15) is 0 Å². The molecule has 0 radical (unpaired) electrons. The molecule has 0 aliphatic carbocycles. The predicted octanol–water partition coefficient (Wildman–Crippen LogP) is 1.81. The van der Waals surface area contributed by atoms with Crippen LogP contribution in [0.3, 0.4) is 0 Å². The zero-order valence-electron chi connectivity index (χ0n) is 11.1. The van der Waals surface area contributed by atoms with Gasteiger partial charge in [-0.1, -0.05) is 32.4 Å². The van der Waals surface area contributed by atoms with Gasteiger partial charge in [-0.15, -0.1) is 0 Å². The lowest BCUT2D eigenvalue weighted by molar-refractivity contribution is 0.281. The summed E-state index contributed by atoms with van der Waals surface area (Å²) in [5, 5.41) is 9.06. The summed E-state index contributed by atoms with van der Waals surface area (Å²) in [4.78, 5) is 0.248. The summed E-state index contributed by atoms with van der Waals surface area (Å²) >= 11 is 0. The van der Waals surface area contributed by atoms with Crippen molar-refractivity contribution in [1.29, 1.82) is 0 Å². The molecular formula is C13H21NO3S. The molecule has 0 bridgehead atoms. The lowest BCUT2D eigenvalue weighted by Gasteiger charge is -2.13. The molecule has 0 heterocycles. The Bertz CT molecular complexity index is 497. The molecule has 1 atom stereocenters. The fourth-order valence-corrected chi connectivity index (χ4v) is 2.96. The number of rotatable bonds is 6. The van der Waals surface area contributed by atoms with Gasteiger partial charge in [0.1, 0.15) is 0 Å². The second kappa shape index (κ2) is 6.31. The lowest BCUT2D eigenvalue weighted by Crippen LogP contribution is -2.28. The minimum atomic E-state index is -3.49. The molecule has 0 fully saturated rings.